The van der Waals surface area contributed by atoms with Crippen LogP contribution in [0.25, 0.3) is 0 Å². The molecule has 116 valence electrons. The monoisotopic (exact) mass is 295 g/mol. The van der Waals surface area contributed by atoms with Gasteiger partial charge in [-0.05, 0) is 51.1 Å². The van der Waals surface area contributed by atoms with E-state index in [1.165, 1.54) is 31.4 Å². The predicted octanol–water partition coefficient (Wildman–Crippen LogP) is 2.17. The third kappa shape index (κ3) is 4.07. The largest absolute Gasteiger partial charge is 0.490 e. The van der Waals surface area contributed by atoms with Crippen molar-refractivity contribution in [3.63, 3.8) is 0 Å². The zero-order chi connectivity index (χ0) is 15.2. The van der Waals surface area contributed by atoms with Crippen LogP contribution < -0.4 is 10.5 Å². The highest BCUT2D eigenvalue weighted by Gasteiger charge is 2.18. The smallest absolute Gasteiger partial charge is 0.170 e. The van der Waals surface area contributed by atoms with E-state index in [1.807, 2.05) is 0 Å². The highest BCUT2D eigenvalue weighted by Crippen LogP contribution is 2.21. The second-order valence-electron chi connectivity index (χ2n) is 5.40. The molecule has 1 aliphatic heterocycles. The molecule has 0 bridgehead atoms. The van der Waals surface area contributed by atoms with Gasteiger partial charge in [-0.15, -0.1) is 0 Å². The fraction of sp³-hybridized carbons (Fsp3) is 0.533. The maximum Gasteiger partial charge on any atom is 0.170 e. The maximum absolute atomic E-state index is 13.9. The molecule has 5 nitrogen and oxygen atoms in total. The molecule has 1 unspecified atom stereocenters. The van der Waals surface area contributed by atoms with Crippen molar-refractivity contribution < 1.29 is 14.3 Å². The van der Waals surface area contributed by atoms with Crippen LogP contribution in [0.1, 0.15) is 31.2 Å². The van der Waals surface area contributed by atoms with Crippen molar-refractivity contribution in [2.45, 2.75) is 31.7 Å². The number of likely N-dealkylation sites (tertiary alicyclic amines) is 1. The highest BCUT2D eigenvalue weighted by atomic mass is 19.1. The number of amidine groups is 1. The Labute approximate surface area is 124 Å². The van der Waals surface area contributed by atoms with Gasteiger partial charge in [0.15, 0.2) is 17.4 Å². The van der Waals surface area contributed by atoms with Gasteiger partial charge in [0.1, 0.15) is 0 Å². The Bertz CT molecular complexity index is 508. The molecule has 0 aliphatic carbocycles. The van der Waals surface area contributed by atoms with E-state index in [2.05, 4.69) is 17.1 Å². The van der Waals surface area contributed by atoms with Crippen LogP contribution in [-0.4, -0.2) is 42.2 Å². The van der Waals surface area contributed by atoms with Gasteiger partial charge in [-0.25, -0.2) is 4.39 Å². The quantitative estimate of drug-likeness (QED) is 0.378. The lowest BCUT2D eigenvalue weighted by atomic mass is 10.0. The Balaban J connectivity index is 1.88. The van der Waals surface area contributed by atoms with Crippen molar-refractivity contribution >= 4 is 5.84 Å². The van der Waals surface area contributed by atoms with E-state index in [9.17, 15) is 4.39 Å². The molecule has 6 heteroatoms. The topological polar surface area (TPSA) is 71.1 Å². The number of halogens is 1. The minimum atomic E-state index is -0.504. The SMILES string of the molecule is CN1CCCCC1CCOc1ccc(/C(N)=N/O)cc1F. The standard InChI is InChI=1S/C15H22FN3O2/c1-19-8-3-2-4-12(19)7-9-21-14-6-5-11(10-13(14)16)15(17)18-20/h5-6,10,12,20H,2-4,7-9H2,1H3,(H2,17,18). The lowest BCUT2D eigenvalue weighted by Gasteiger charge is -2.32. The van der Waals surface area contributed by atoms with Gasteiger partial charge in [0.25, 0.3) is 0 Å². The van der Waals surface area contributed by atoms with Gasteiger partial charge < -0.3 is 20.6 Å². The Morgan fingerprint density at radius 2 is 2.33 bits per heavy atom. The van der Waals surface area contributed by atoms with Gasteiger partial charge in [0.05, 0.1) is 6.61 Å². The Morgan fingerprint density at radius 1 is 1.52 bits per heavy atom. The fourth-order valence-corrected chi connectivity index (χ4v) is 2.65. The summed E-state index contributed by atoms with van der Waals surface area (Å²) >= 11 is 0. The molecule has 1 atom stereocenters. The second-order valence-corrected chi connectivity index (χ2v) is 5.40. The van der Waals surface area contributed by atoms with E-state index in [0.29, 0.717) is 18.2 Å². The molecule has 0 saturated carbocycles. The number of oxime groups is 1. The van der Waals surface area contributed by atoms with Crippen molar-refractivity contribution in [2.75, 3.05) is 20.2 Å². The lowest BCUT2D eigenvalue weighted by molar-refractivity contribution is 0.151. The minimum Gasteiger partial charge on any atom is -0.490 e. The van der Waals surface area contributed by atoms with E-state index >= 15 is 0 Å². The summed E-state index contributed by atoms with van der Waals surface area (Å²) in [6.45, 7) is 1.60. The Hall–Kier alpha value is -1.82. The summed E-state index contributed by atoms with van der Waals surface area (Å²) in [6.07, 6.45) is 4.55. The van der Waals surface area contributed by atoms with E-state index in [1.54, 1.807) is 6.07 Å². The zero-order valence-corrected chi connectivity index (χ0v) is 12.3. The first kappa shape index (κ1) is 15.6. The molecule has 0 amide bonds. The van der Waals surface area contributed by atoms with Crippen molar-refractivity contribution in [1.82, 2.24) is 4.90 Å². The molecular weight excluding hydrogens is 273 g/mol. The number of piperidine rings is 1. The summed E-state index contributed by atoms with van der Waals surface area (Å²) in [5, 5.41) is 11.4. The normalized spacial score (nSPS) is 20.5. The summed E-state index contributed by atoms with van der Waals surface area (Å²) in [6, 6.07) is 4.79. The molecule has 1 aromatic carbocycles. The summed E-state index contributed by atoms with van der Waals surface area (Å²) in [4.78, 5) is 2.34. The number of nitrogens with zero attached hydrogens (tertiary/aromatic N) is 2. The van der Waals surface area contributed by atoms with Crippen LogP contribution in [0.5, 0.6) is 5.75 Å². The number of ether oxygens (including phenoxy) is 1. The van der Waals surface area contributed by atoms with Crippen LogP contribution in [0, 0.1) is 5.82 Å². The van der Waals surface area contributed by atoms with Crippen molar-refractivity contribution in [2.24, 2.45) is 10.9 Å². The van der Waals surface area contributed by atoms with Gasteiger partial charge >= 0.3 is 0 Å². The number of benzene rings is 1. The second kappa shape index (κ2) is 7.26. The molecular formula is C15H22FN3O2. The average molecular weight is 295 g/mol. The third-order valence-corrected chi connectivity index (χ3v) is 3.97. The molecule has 1 saturated heterocycles. The van der Waals surface area contributed by atoms with E-state index in [4.69, 9.17) is 15.7 Å². The first-order valence-electron chi connectivity index (χ1n) is 7.22. The average Bonchev–Trinajstić information content (AvgIpc) is 2.50. The summed E-state index contributed by atoms with van der Waals surface area (Å²) in [7, 11) is 2.12. The molecule has 21 heavy (non-hydrogen) atoms. The van der Waals surface area contributed by atoms with Gasteiger partial charge in [-0.3, -0.25) is 0 Å². The molecule has 1 aliphatic rings. The fourth-order valence-electron chi connectivity index (χ4n) is 2.65. The summed E-state index contributed by atoms with van der Waals surface area (Å²) in [5.74, 6) is -0.427. The summed E-state index contributed by atoms with van der Waals surface area (Å²) < 4.78 is 19.4. The lowest BCUT2D eigenvalue weighted by Crippen LogP contribution is -2.37. The molecule has 0 spiro atoms. The Morgan fingerprint density at radius 3 is 3.00 bits per heavy atom. The molecule has 3 N–H and O–H groups in total. The molecule has 1 heterocycles. The number of hydrogen-bond acceptors (Lipinski definition) is 4. The molecule has 2 rings (SSSR count). The van der Waals surface area contributed by atoms with Crippen molar-refractivity contribution in [3.05, 3.63) is 29.6 Å². The van der Waals surface area contributed by atoms with Crippen LogP contribution in [0.2, 0.25) is 0 Å². The van der Waals surface area contributed by atoms with Crippen molar-refractivity contribution in [3.8, 4) is 5.75 Å². The van der Waals surface area contributed by atoms with Crippen LogP contribution in [0.15, 0.2) is 23.4 Å². The minimum absolute atomic E-state index is 0.121. The zero-order valence-electron chi connectivity index (χ0n) is 12.3. The van der Waals surface area contributed by atoms with Gasteiger partial charge in [0.2, 0.25) is 0 Å². The number of nitrogens with two attached hydrogens (primary N) is 1. The predicted molar refractivity (Wildman–Crippen MR) is 79.3 cm³/mol. The van der Waals surface area contributed by atoms with Crippen LogP contribution in [0.4, 0.5) is 4.39 Å². The van der Waals surface area contributed by atoms with Gasteiger partial charge in [0, 0.05) is 11.6 Å². The highest BCUT2D eigenvalue weighted by molar-refractivity contribution is 5.97. The van der Waals surface area contributed by atoms with Crippen LogP contribution in [-0.2, 0) is 0 Å². The third-order valence-electron chi connectivity index (χ3n) is 3.97. The van der Waals surface area contributed by atoms with Crippen LogP contribution >= 0.6 is 0 Å². The van der Waals surface area contributed by atoms with Gasteiger partial charge in [-0.2, -0.15) is 0 Å². The van der Waals surface area contributed by atoms with Crippen molar-refractivity contribution in [1.29, 1.82) is 0 Å². The van der Waals surface area contributed by atoms with E-state index < -0.39 is 5.82 Å². The van der Waals surface area contributed by atoms with E-state index in [0.717, 1.165) is 13.0 Å². The molecule has 0 radical (unpaired) electrons. The number of rotatable bonds is 5. The molecule has 1 aromatic rings. The first-order chi connectivity index (χ1) is 10.1. The van der Waals surface area contributed by atoms with Crippen LogP contribution in [0.3, 0.4) is 0 Å². The summed E-state index contributed by atoms with van der Waals surface area (Å²) in [5.41, 5.74) is 5.74. The number of hydrogen-bond donors (Lipinski definition) is 2. The molecule has 0 aromatic heterocycles. The van der Waals surface area contributed by atoms with Gasteiger partial charge in [-0.1, -0.05) is 11.6 Å². The molecule has 1 fully saturated rings. The Kier molecular flexibility index (Phi) is 5.38. The maximum atomic E-state index is 13.9. The van der Waals surface area contributed by atoms with E-state index in [-0.39, 0.29) is 11.6 Å². The first-order valence-corrected chi connectivity index (χ1v) is 7.22.